The van der Waals surface area contributed by atoms with E-state index in [0.717, 1.165) is 0 Å². The van der Waals surface area contributed by atoms with Crippen molar-refractivity contribution in [3.63, 3.8) is 0 Å². The fourth-order valence-electron chi connectivity index (χ4n) is 2.12. The number of carbonyl (C=O) groups is 2. The van der Waals surface area contributed by atoms with E-state index in [4.69, 9.17) is 9.47 Å². The van der Waals surface area contributed by atoms with Crippen LogP contribution < -0.4 is 20.7 Å². The van der Waals surface area contributed by atoms with Gasteiger partial charge in [-0.15, -0.1) is 0 Å². The highest BCUT2D eigenvalue weighted by molar-refractivity contribution is 5.99. The highest BCUT2D eigenvalue weighted by atomic mass is 16.5. The number of methoxy groups -OCH3 is 1. The highest BCUT2D eigenvalue weighted by Crippen LogP contribution is 2.25. The lowest BCUT2D eigenvalue weighted by Gasteiger charge is -2.37. The highest BCUT2D eigenvalue weighted by Gasteiger charge is 2.33. The molecule has 7 heteroatoms. The Morgan fingerprint density at radius 3 is 2.64 bits per heavy atom. The van der Waals surface area contributed by atoms with Gasteiger partial charge in [0, 0.05) is 24.7 Å². The zero-order valence-corrected chi connectivity index (χ0v) is 13.0. The summed E-state index contributed by atoms with van der Waals surface area (Å²) in [5.41, 5.74) is 0.888. The molecule has 0 bridgehead atoms. The Labute approximate surface area is 129 Å². The van der Waals surface area contributed by atoms with Crippen LogP contribution in [0.4, 0.5) is 10.5 Å². The van der Waals surface area contributed by atoms with Crippen LogP contribution in [0.5, 0.6) is 5.75 Å². The molecule has 1 aliphatic heterocycles. The van der Waals surface area contributed by atoms with Crippen molar-refractivity contribution in [1.82, 2.24) is 10.6 Å². The second kappa shape index (κ2) is 6.65. The summed E-state index contributed by atoms with van der Waals surface area (Å²) in [7, 11) is 3.03. The largest absolute Gasteiger partial charge is 0.496 e. The molecular weight excluding hydrogens is 286 g/mol. The van der Waals surface area contributed by atoms with E-state index in [1.54, 1.807) is 18.2 Å². The third-order valence-electron chi connectivity index (χ3n) is 3.51. The van der Waals surface area contributed by atoms with Crippen molar-refractivity contribution in [2.45, 2.75) is 6.92 Å². The molecule has 3 amide bonds. The molecule has 0 saturated carbocycles. The van der Waals surface area contributed by atoms with Crippen LogP contribution >= 0.6 is 0 Å². The molecule has 0 radical (unpaired) electrons. The van der Waals surface area contributed by atoms with Crippen LogP contribution in [0.1, 0.15) is 17.3 Å². The van der Waals surface area contributed by atoms with E-state index in [0.29, 0.717) is 36.8 Å². The number of amides is 3. The van der Waals surface area contributed by atoms with Gasteiger partial charge in [0.2, 0.25) is 0 Å². The lowest BCUT2D eigenvalue weighted by Crippen LogP contribution is -2.49. The molecule has 1 fully saturated rings. The Bertz CT molecular complexity index is 570. The lowest BCUT2D eigenvalue weighted by atomic mass is 9.89. The van der Waals surface area contributed by atoms with Gasteiger partial charge in [-0.2, -0.15) is 0 Å². The molecule has 0 atom stereocenters. The van der Waals surface area contributed by atoms with E-state index in [1.807, 2.05) is 6.92 Å². The smallest absolute Gasteiger partial charge is 0.319 e. The first kappa shape index (κ1) is 16.1. The first-order valence-electron chi connectivity index (χ1n) is 7.00. The fraction of sp³-hybridized carbons (Fsp3) is 0.467. The SMILES string of the molecule is CNC(=O)c1cc(NC(=O)NCC2(C)COC2)ccc1OC. The van der Waals surface area contributed by atoms with Crippen LogP contribution in [-0.2, 0) is 4.74 Å². The maximum Gasteiger partial charge on any atom is 0.319 e. The molecule has 1 saturated heterocycles. The molecule has 1 aromatic rings. The molecule has 0 aliphatic carbocycles. The van der Waals surface area contributed by atoms with E-state index < -0.39 is 0 Å². The Morgan fingerprint density at radius 2 is 2.09 bits per heavy atom. The van der Waals surface area contributed by atoms with Crippen LogP contribution in [0.25, 0.3) is 0 Å². The molecule has 120 valence electrons. The lowest BCUT2D eigenvalue weighted by molar-refractivity contribution is -0.0974. The molecule has 7 nitrogen and oxygen atoms in total. The van der Waals surface area contributed by atoms with Crippen molar-refractivity contribution in [3.05, 3.63) is 23.8 Å². The number of ether oxygens (including phenoxy) is 2. The van der Waals surface area contributed by atoms with Crippen LogP contribution in [0, 0.1) is 5.41 Å². The van der Waals surface area contributed by atoms with Crippen LogP contribution in [0.3, 0.4) is 0 Å². The van der Waals surface area contributed by atoms with Gasteiger partial charge < -0.3 is 25.4 Å². The second-order valence-electron chi connectivity index (χ2n) is 5.61. The monoisotopic (exact) mass is 307 g/mol. The van der Waals surface area contributed by atoms with Gasteiger partial charge in [-0.05, 0) is 18.2 Å². The number of hydrogen-bond acceptors (Lipinski definition) is 4. The van der Waals surface area contributed by atoms with Gasteiger partial charge in [-0.1, -0.05) is 6.92 Å². The van der Waals surface area contributed by atoms with E-state index in [-0.39, 0.29) is 17.4 Å². The second-order valence-corrected chi connectivity index (χ2v) is 5.61. The number of anilines is 1. The fourth-order valence-corrected chi connectivity index (χ4v) is 2.12. The Morgan fingerprint density at radius 1 is 1.36 bits per heavy atom. The summed E-state index contributed by atoms with van der Waals surface area (Å²) >= 11 is 0. The number of hydrogen-bond donors (Lipinski definition) is 3. The van der Waals surface area contributed by atoms with Crippen molar-refractivity contribution < 1.29 is 19.1 Å². The predicted octanol–water partition coefficient (Wildman–Crippen LogP) is 1.21. The first-order valence-corrected chi connectivity index (χ1v) is 7.00. The molecule has 22 heavy (non-hydrogen) atoms. The number of nitrogens with one attached hydrogen (secondary N) is 3. The molecule has 0 aromatic heterocycles. The predicted molar refractivity (Wildman–Crippen MR) is 82.3 cm³/mol. The van der Waals surface area contributed by atoms with Crippen molar-refractivity contribution in [1.29, 1.82) is 0 Å². The molecule has 3 N–H and O–H groups in total. The number of carbonyl (C=O) groups excluding carboxylic acids is 2. The van der Waals surface area contributed by atoms with Crippen LogP contribution in [-0.4, -0.2) is 45.9 Å². The van der Waals surface area contributed by atoms with E-state index in [2.05, 4.69) is 16.0 Å². The van der Waals surface area contributed by atoms with Crippen molar-refractivity contribution in [2.75, 3.05) is 39.2 Å². The minimum absolute atomic E-state index is 0.00447. The van der Waals surface area contributed by atoms with Gasteiger partial charge in [-0.3, -0.25) is 4.79 Å². The van der Waals surface area contributed by atoms with Gasteiger partial charge in [0.1, 0.15) is 5.75 Å². The summed E-state index contributed by atoms with van der Waals surface area (Å²) in [6, 6.07) is 4.58. The molecule has 1 heterocycles. The van der Waals surface area contributed by atoms with Gasteiger partial charge in [0.05, 0.1) is 25.9 Å². The average Bonchev–Trinajstić information content (AvgIpc) is 2.50. The zero-order chi connectivity index (χ0) is 16.2. The van der Waals surface area contributed by atoms with Crippen LogP contribution in [0.15, 0.2) is 18.2 Å². The maximum atomic E-state index is 11.9. The summed E-state index contributed by atoms with van der Waals surface area (Å²) in [5, 5.41) is 8.05. The molecule has 0 spiro atoms. The molecule has 0 unspecified atom stereocenters. The van der Waals surface area contributed by atoms with Crippen molar-refractivity contribution in [2.24, 2.45) is 5.41 Å². The summed E-state index contributed by atoms with van der Waals surface area (Å²) in [6.07, 6.45) is 0. The molecule has 1 aromatic carbocycles. The minimum atomic E-state index is -0.318. The Hall–Kier alpha value is -2.28. The molecular formula is C15H21N3O4. The number of rotatable bonds is 5. The standard InChI is InChI=1S/C15H21N3O4/c1-15(8-22-9-15)7-17-14(20)18-10-4-5-12(21-3)11(6-10)13(19)16-2/h4-6H,7-9H2,1-3H3,(H,16,19)(H2,17,18,20). The zero-order valence-electron chi connectivity index (χ0n) is 13.0. The maximum absolute atomic E-state index is 11.9. The third kappa shape index (κ3) is 3.67. The number of urea groups is 1. The minimum Gasteiger partial charge on any atom is -0.496 e. The first-order chi connectivity index (χ1) is 10.5. The van der Waals surface area contributed by atoms with Crippen molar-refractivity contribution >= 4 is 17.6 Å². The van der Waals surface area contributed by atoms with Crippen molar-refractivity contribution in [3.8, 4) is 5.75 Å². The summed E-state index contributed by atoms with van der Waals surface area (Å²) in [5.74, 6) is 0.171. The quantitative estimate of drug-likeness (QED) is 0.763. The Kier molecular flexibility index (Phi) is 4.87. The van der Waals surface area contributed by atoms with Gasteiger partial charge in [0.15, 0.2) is 0 Å². The van der Waals surface area contributed by atoms with E-state index >= 15 is 0 Å². The third-order valence-corrected chi connectivity index (χ3v) is 3.51. The normalized spacial score (nSPS) is 15.4. The number of benzene rings is 1. The average molecular weight is 307 g/mol. The summed E-state index contributed by atoms with van der Waals surface area (Å²) in [6.45, 7) is 3.89. The van der Waals surface area contributed by atoms with Crippen LogP contribution in [0.2, 0.25) is 0 Å². The van der Waals surface area contributed by atoms with E-state index in [1.165, 1.54) is 14.2 Å². The summed E-state index contributed by atoms with van der Waals surface area (Å²) in [4.78, 5) is 23.7. The van der Waals surface area contributed by atoms with Gasteiger partial charge in [0.25, 0.3) is 5.91 Å². The molecule has 1 aliphatic rings. The summed E-state index contributed by atoms with van der Waals surface area (Å²) < 4.78 is 10.3. The Balaban J connectivity index is 1.99. The van der Waals surface area contributed by atoms with E-state index in [9.17, 15) is 9.59 Å². The topological polar surface area (TPSA) is 88.7 Å². The molecule has 2 rings (SSSR count). The van der Waals surface area contributed by atoms with Gasteiger partial charge in [-0.25, -0.2) is 4.79 Å². The van der Waals surface area contributed by atoms with Gasteiger partial charge >= 0.3 is 6.03 Å².